The van der Waals surface area contributed by atoms with E-state index in [9.17, 15) is 9.59 Å². The van der Waals surface area contributed by atoms with Crippen LogP contribution < -0.4 is 5.32 Å². The maximum absolute atomic E-state index is 12.1. The molecule has 3 aromatic rings. The smallest absolute Gasteiger partial charge is 0.358 e. The van der Waals surface area contributed by atoms with E-state index in [0.717, 1.165) is 5.56 Å². The van der Waals surface area contributed by atoms with Gasteiger partial charge in [0.1, 0.15) is 5.01 Å². The highest BCUT2D eigenvalue weighted by atomic mass is 35.5. The fourth-order valence-electron chi connectivity index (χ4n) is 1.99. The lowest BCUT2D eigenvalue weighted by atomic mass is 10.2. The Hall–Kier alpha value is -2.48. The molecule has 0 unspecified atom stereocenters. The zero-order valence-electron chi connectivity index (χ0n) is 13.1. The molecular formula is C17H11Cl2N3O3S. The Morgan fingerprint density at radius 1 is 1.19 bits per heavy atom. The van der Waals surface area contributed by atoms with E-state index in [4.69, 9.17) is 27.9 Å². The van der Waals surface area contributed by atoms with Crippen molar-refractivity contribution in [1.29, 1.82) is 0 Å². The van der Waals surface area contributed by atoms with Gasteiger partial charge in [-0.25, -0.2) is 14.8 Å². The topological polar surface area (TPSA) is 81.2 Å². The number of aromatic nitrogens is 2. The average Bonchev–Trinajstić information content (AvgIpc) is 3.12. The first-order valence-electron chi connectivity index (χ1n) is 7.32. The fourth-order valence-corrected chi connectivity index (χ4v) is 3.14. The Labute approximate surface area is 162 Å². The van der Waals surface area contributed by atoms with Gasteiger partial charge in [-0.15, -0.1) is 11.3 Å². The molecule has 132 valence electrons. The van der Waals surface area contributed by atoms with Crippen LogP contribution in [-0.2, 0) is 9.53 Å². The van der Waals surface area contributed by atoms with Crippen LogP contribution in [0.3, 0.4) is 0 Å². The minimum absolute atomic E-state index is 0.122. The van der Waals surface area contributed by atoms with Crippen LogP contribution in [0.2, 0.25) is 10.2 Å². The van der Waals surface area contributed by atoms with Crippen LogP contribution in [0.4, 0.5) is 5.69 Å². The molecule has 2 heterocycles. The summed E-state index contributed by atoms with van der Waals surface area (Å²) in [5, 5.41) is 5.43. The predicted octanol–water partition coefficient (Wildman–Crippen LogP) is 4.31. The average molecular weight is 408 g/mol. The summed E-state index contributed by atoms with van der Waals surface area (Å²) in [7, 11) is 0. The lowest BCUT2D eigenvalue weighted by Gasteiger charge is -2.06. The Bertz CT molecular complexity index is 962. The highest BCUT2D eigenvalue weighted by molar-refractivity contribution is 7.13. The first-order chi connectivity index (χ1) is 12.5. The van der Waals surface area contributed by atoms with Gasteiger partial charge in [-0.1, -0.05) is 35.3 Å². The van der Waals surface area contributed by atoms with Crippen molar-refractivity contribution in [2.75, 3.05) is 11.9 Å². The van der Waals surface area contributed by atoms with E-state index in [1.165, 1.54) is 17.5 Å². The third-order valence-corrected chi connectivity index (χ3v) is 4.58. The largest absolute Gasteiger partial charge is 0.451 e. The van der Waals surface area contributed by atoms with E-state index in [0.29, 0.717) is 15.7 Å². The number of carbonyl (C=O) groups excluding carboxylic acids is 2. The number of carbonyl (C=O) groups is 2. The Kier molecular flexibility index (Phi) is 5.82. The van der Waals surface area contributed by atoms with E-state index >= 15 is 0 Å². The van der Waals surface area contributed by atoms with E-state index in [1.807, 2.05) is 6.07 Å². The van der Waals surface area contributed by atoms with Crippen LogP contribution in [0.15, 0.2) is 48.0 Å². The van der Waals surface area contributed by atoms with Gasteiger partial charge in [0.2, 0.25) is 0 Å². The van der Waals surface area contributed by atoms with Crippen molar-refractivity contribution in [2.24, 2.45) is 0 Å². The standard InChI is InChI=1S/C17H11Cl2N3O3S/c18-11-4-1-3-10(7-11)16-22-13(9-26-16)17(24)25-8-14(23)21-12-5-2-6-20-15(12)19/h1-7,9H,8H2,(H,21,23). The van der Waals surface area contributed by atoms with E-state index in [-0.39, 0.29) is 10.8 Å². The van der Waals surface area contributed by atoms with E-state index < -0.39 is 18.5 Å². The van der Waals surface area contributed by atoms with Crippen LogP contribution in [0, 0.1) is 0 Å². The molecule has 1 amide bonds. The normalized spacial score (nSPS) is 10.4. The van der Waals surface area contributed by atoms with Crippen molar-refractivity contribution in [3.63, 3.8) is 0 Å². The summed E-state index contributed by atoms with van der Waals surface area (Å²) in [5.41, 5.74) is 1.26. The molecule has 0 aliphatic carbocycles. The summed E-state index contributed by atoms with van der Waals surface area (Å²) in [5.74, 6) is -1.22. The second-order valence-corrected chi connectivity index (χ2v) is 6.67. The van der Waals surface area contributed by atoms with Gasteiger partial charge in [-0.05, 0) is 24.3 Å². The lowest BCUT2D eigenvalue weighted by molar-refractivity contribution is -0.119. The number of nitrogens with zero attached hydrogens (tertiary/aromatic N) is 2. The lowest BCUT2D eigenvalue weighted by Crippen LogP contribution is -2.21. The van der Waals surface area contributed by atoms with Gasteiger partial charge in [-0.3, -0.25) is 4.79 Å². The van der Waals surface area contributed by atoms with Crippen LogP contribution in [0.25, 0.3) is 10.6 Å². The van der Waals surface area contributed by atoms with Crippen molar-refractivity contribution >= 4 is 52.1 Å². The van der Waals surface area contributed by atoms with Gasteiger partial charge in [0.15, 0.2) is 17.5 Å². The zero-order chi connectivity index (χ0) is 18.5. The minimum atomic E-state index is -0.693. The quantitative estimate of drug-likeness (QED) is 0.503. The van der Waals surface area contributed by atoms with Gasteiger partial charge in [0, 0.05) is 22.2 Å². The number of hydrogen-bond donors (Lipinski definition) is 1. The minimum Gasteiger partial charge on any atom is -0.451 e. The third kappa shape index (κ3) is 4.57. The summed E-state index contributed by atoms with van der Waals surface area (Å²) in [6, 6.07) is 10.4. The third-order valence-electron chi connectivity index (χ3n) is 3.15. The Balaban J connectivity index is 1.59. The molecule has 3 rings (SSSR count). The number of rotatable bonds is 5. The summed E-state index contributed by atoms with van der Waals surface area (Å²) in [4.78, 5) is 32.0. The fraction of sp³-hybridized carbons (Fsp3) is 0.0588. The molecular weight excluding hydrogens is 397 g/mol. The molecule has 26 heavy (non-hydrogen) atoms. The molecule has 0 atom stereocenters. The number of nitrogens with one attached hydrogen (secondary N) is 1. The molecule has 0 spiro atoms. The summed E-state index contributed by atoms with van der Waals surface area (Å²) in [6.07, 6.45) is 1.50. The summed E-state index contributed by atoms with van der Waals surface area (Å²) in [6.45, 7) is -0.464. The summed E-state index contributed by atoms with van der Waals surface area (Å²) < 4.78 is 4.98. The van der Waals surface area contributed by atoms with Crippen LogP contribution in [0.5, 0.6) is 0 Å². The first kappa shape index (κ1) is 18.3. The van der Waals surface area contributed by atoms with Crippen molar-refractivity contribution in [3.05, 3.63) is 63.8 Å². The zero-order valence-corrected chi connectivity index (χ0v) is 15.4. The molecule has 0 fully saturated rings. The highest BCUT2D eigenvalue weighted by Gasteiger charge is 2.15. The second kappa shape index (κ2) is 8.27. The molecule has 9 heteroatoms. The number of hydrogen-bond acceptors (Lipinski definition) is 6. The summed E-state index contributed by atoms with van der Waals surface area (Å²) >= 11 is 13.1. The number of esters is 1. The molecule has 0 aliphatic heterocycles. The Morgan fingerprint density at radius 2 is 2.04 bits per heavy atom. The number of amides is 1. The molecule has 0 saturated carbocycles. The molecule has 1 aromatic carbocycles. The number of halogens is 2. The number of thiazole rings is 1. The molecule has 0 radical (unpaired) electrons. The number of anilines is 1. The van der Waals surface area contributed by atoms with Gasteiger partial charge in [0.25, 0.3) is 5.91 Å². The van der Waals surface area contributed by atoms with E-state index in [1.54, 1.807) is 35.7 Å². The maximum atomic E-state index is 12.1. The van der Waals surface area contributed by atoms with Crippen LogP contribution in [0.1, 0.15) is 10.5 Å². The monoisotopic (exact) mass is 407 g/mol. The molecule has 0 aliphatic rings. The van der Waals surface area contributed by atoms with Crippen LogP contribution >= 0.6 is 34.5 Å². The SMILES string of the molecule is O=C(COC(=O)c1csc(-c2cccc(Cl)c2)n1)Nc1cccnc1Cl. The van der Waals surface area contributed by atoms with Crippen molar-refractivity contribution < 1.29 is 14.3 Å². The molecule has 0 bridgehead atoms. The second-order valence-electron chi connectivity index (χ2n) is 5.01. The predicted molar refractivity (Wildman–Crippen MR) is 101 cm³/mol. The molecule has 1 N–H and O–H groups in total. The van der Waals surface area contributed by atoms with Gasteiger partial charge in [-0.2, -0.15) is 0 Å². The Morgan fingerprint density at radius 3 is 2.81 bits per heavy atom. The maximum Gasteiger partial charge on any atom is 0.358 e. The van der Waals surface area contributed by atoms with Crippen molar-refractivity contribution in [3.8, 4) is 10.6 Å². The van der Waals surface area contributed by atoms with Crippen LogP contribution in [-0.4, -0.2) is 28.5 Å². The van der Waals surface area contributed by atoms with Gasteiger partial charge >= 0.3 is 5.97 Å². The molecule has 6 nitrogen and oxygen atoms in total. The van der Waals surface area contributed by atoms with Crippen molar-refractivity contribution in [2.45, 2.75) is 0 Å². The van der Waals surface area contributed by atoms with E-state index in [2.05, 4.69) is 15.3 Å². The first-order valence-corrected chi connectivity index (χ1v) is 8.95. The van der Waals surface area contributed by atoms with Crippen molar-refractivity contribution in [1.82, 2.24) is 9.97 Å². The van der Waals surface area contributed by atoms with Gasteiger partial charge < -0.3 is 10.1 Å². The number of benzene rings is 1. The van der Waals surface area contributed by atoms with Gasteiger partial charge in [0.05, 0.1) is 5.69 Å². The highest BCUT2D eigenvalue weighted by Crippen LogP contribution is 2.26. The molecule has 2 aromatic heterocycles. The molecule has 0 saturated heterocycles. The number of ether oxygens (including phenoxy) is 1. The number of pyridine rings is 1.